The van der Waals surface area contributed by atoms with Crippen LogP contribution in [0.5, 0.6) is 0 Å². The lowest BCUT2D eigenvalue weighted by atomic mass is 10.2. The number of rotatable bonds is 5. The summed E-state index contributed by atoms with van der Waals surface area (Å²) in [6.45, 7) is 4.68. The Balaban J connectivity index is 2.15. The van der Waals surface area contributed by atoms with Crippen molar-refractivity contribution >= 4 is 40.5 Å². The number of amides is 1. The van der Waals surface area contributed by atoms with Crippen molar-refractivity contribution < 1.29 is 4.79 Å². The number of hydrogen-bond donors (Lipinski definition) is 2. The van der Waals surface area contributed by atoms with E-state index in [9.17, 15) is 4.79 Å². The van der Waals surface area contributed by atoms with Crippen molar-refractivity contribution in [3.8, 4) is 0 Å². The minimum atomic E-state index is -0.199. The second-order valence-corrected chi connectivity index (χ2v) is 6.05. The summed E-state index contributed by atoms with van der Waals surface area (Å²) in [6.07, 6.45) is 1.57. The van der Waals surface area contributed by atoms with Gasteiger partial charge >= 0.3 is 0 Å². The van der Waals surface area contributed by atoms with E-state index in [1.54, 1.807) is 30.5 Å². The van der Waals surface area contributed by atoms with Gasteiger partial charge in [-0.2, -0.15) is 0 Å². The standard InChI is InChI=1S/C16H17Cl2N3O/c1-10(2)9-20-16(22)14-8-11(6-7-19-14)21-13-5-3-4-12(17)15(13)18/h3-8,10H,9H2,1-2H3,(H,19,21)(H,20,22). The molecule has 0 saturated carbocycles. The Labute approximate surface area is 139 Å². The summed E-state index contributed by atoms with van der Waals surface area (Å²) in [5.41, 5.74) is 1.74. The zero-order valence-electron chi connectivity index (χ0n) is 12.4. The van der Waals surface area contributed by atoms with Gasteiger partial charge in [-0.3, -0.25) is 9.78 Å². The maximum atomic E-state index is 12.0. The molecule has 4 nitrogen and oxygen atoms in total. The fraction of sp³-hybridized carbons (Fsp3) is 0.250. The van der Waals surface area contributed by atoms with E-state index >= 15 is 0 Å². The number of halogens is 2. The lowest BCUT2D eigenvalue weighted by molar-refractivity contribution is 0.0944. The summed E-state index contributed by atoms with van der Waals surface area (Å²) in [4.78, 5) is 16.1. The molecular formula is C16H17Cl2N3O. The fourth-order valence-electron chi connectivity index (χ4n) is 1.78. The molecule has 116 valence electrons. The van der Waals surface area contributed by atoms with Gasteiger partial charge in [-0.05, 0) is 30.2 Å². The van der Waals surface area contributed by atoms with E-state index in [0.29, 0.717) is 39.6 Å². The third kappa shape index (κ3) is 4.36. The lowest BCUT2D eigenvalue weighted by Gasteiger charge is -2.11. The third-order valence-electron chi connectivity index (χ3n) is 2.89. The van der Waals surface area contributed by atoms with Gasteiger partial charge in [-0.1, -0.05) is 43.1 Å². The van der Waals surface area contributed by atoms with Crippen LogP contribution in [0, 0.1) is 5.92 Å². The van der Waals surface area contributed by atoms with E-state index in [0.717, 1.165) is 0 Å². The molecule has 1 aromatic carbocycles. The van der Waals surface area contributed by atoms with Crippen LogP contribution in [0.4, 0.5) is 11.4 Å². The van der Waals surface area contributed by atoms with E-state index in [1.807, 2.05) is 19.9 Å². The van der Waals surface area contributed by atoms with Gasteiger partial charge in [0.1, 0.15) is 5.69 Å². The average molecular weight is 338 g/mol. The third-order valence-corrected chi connectivity index (χ3v) is 3.71. The van der Waals surface area contributed by atoms with Gasteiger partial charge in [0, 0.05) is 18.4 Å². The molecule has 0 radical (unpaired) electrons. The summed E-state index contributed by atoms with van der Waals surface area (Å²) < 4.78 is 0. The zero-order valence-corrected chi connectivity index (χ0v) is 13.9. The Kier molecular flexibility index (Phi) is 5.63. The highest BCUT2D eigenvalue weighted by Gasteiger charge is 2.10. The van der Waals surface area contributed by atoms with Crippen molar-refractivity contribution in [2.75, 3.05) is 11.9 Å². The van der Waals surface area contributed by atoms with Crippen molar-refractivity contribution in [3.05, 3.63) is 52.3 Å². The molecule has 0 fully saturated rings. The molecule has 0 aliphatic heterocycles. The molecule has 0 atom stereocenters. The van der Waals surface area contributed by atoms with Crippen molar-refractivity contribution in [2.45, 2.75) is 13.8 Å². The van der Waals surface area contributed by atoms with Crippen molar-refractivity contribution in [1.82, 2.24) is 10.3 Å². The molecule has 2 aromatic rings. The molecule has 1 amide bonds. The molecule has 22 heavy (non-hydrogen) atoms. The van der Waals surface area contributed by atoms with Crippen molar-refractivity contribution in [1.29, 1.82) is 0 Å². The highest BCUT2D eigenvalue weighted by Crippen LogP contribution is 2.31. The van der Waals surface area contributed by atoms with E-state index < -0.39 is 0 Å². The van der Waals surface area contributed by atoms with E-state index in [1.165, 1.54) is 0 Å². The molecule has 1 aromatic heterocycles. The Morgan fingerprint density at radius 2 is 2.05 bits per heavy atom. The Morgan fingerprint density at radius 3 is 2.77 bits per heavy atom. The van der Waals surface area contributed by atoms with E-state index in [2.05, 4.69) is 15.6 Å². The van der Waals surface area contributed by atoms with Crippen LogP contribution in [0.15, 0.2) is 36.5 Å². The summed E-state index contributed by atoms with van der Waals surface area (Å²) in [6, 6.07) is 8.76. The van der Waals surface area contributed by atoms with Crippen LogP contribution < -0.4 is 10.6 Å². The van der Waals surface area contributed by atoms with Gasteiger partial charge in [0.25, 0.3) is 5.91 Å². The predicted octanol–water partition coefficient (Wildman–Crippen LogP) is 4.52. The number of carbonyl (C=O) groups excluding carboxylic acids is 1. The van der Waals surface area contributed by atoms with Gasteiger partial charge < -0.3 is 10.6 Å². The number of nitrogens with zero attached hydrogens (tertiary/aromatic N) is 1. The quantitative estimate of drug-likeness (QED) is 0.843. The average Bonchev–Trinajstić information content (AvgIpc) is 2.50. The first-order chi connectivity index (χ1) is 10.5. The summed E-state index contributed by atoms with van der Waals surface area (Å²) in [5, 5.41) is 6.88. The fourth-order valence-corrected chi connectivity index (χ4v) is 2.12. The molecule has 1 heterocycles. The Morgan fingerprint density at radius 1 is 1.27 bits per heavy atom. The highest BCUT2D eigenvalue weighted by atomic mass is 35.5. The molecule has 0 spiro atoms. The molecule has 6 heteroatoms. The summed E-state index contributed by atoms with van der Waals surface area (Å²) >= 11 is 12.1. The van der Waals surface area contributed by atoms with Crippen LogP contribution in [-0.2, 0) is 0 Å². The second kappa shape index (κ2) is 7.47. The van der Waals surface area contributed by atoms with Crippen LogP contribution in [0.25, 0.3) is 0 Å². The number of carbonyl (C=O) groups is 1. The number of hydrogen-bond acceptors (Lipinski definition) is 3. The highest BCUT2D eigenvalue weighted by molar-refractivity contribution is 6.43. The Hall–Kier alpha value is -1.78. The van der Waals surface area contributed by atoms with Crippen LogP contribution in [-0.4, -0.2) is 17.4 Å². The molecular weight excluding hydrogens is 321 g/mol. The van der Waals surface area contributed by atoms with E-state index in [-0.39, 0.29) is 5.91 Å². The molecule has 2 N–H and O–H groups in total. The normalized spacial score (nSPS) is 10.6. The SMILES string of the molecule is CC(C)CNC(=O)c1cc(Nc2cccc(Cl)c2Cl)ccn1. The number of anilines is 2. The minimum absolute atomic E-state index is 0.199. The van der Waals surface area contributed by atoms with E-state index in [4.69, 9.17) is 23.2 Å². The topological polar surface area (TPSA) is 54.0 Å². The van der Waals surface area contributed by atoms with Gasteiger partial charge in [-0.15, -0.1) is 0 Å². The van der Waals surface area contributed by atoms with Crippen LogP contribution in [0.3, 0.4) is 0 Å². The lowest BCUT2D eigenvalue weighted by Crippen LogP contribution is -2.28. The number of pyridine rings is 1. The van der Waals surface area contributed by atoms with Gasteiger partial charge in [0.05, 0.1) is 15.7 Å². The monoisotopic (exact) mass is 337 g/mol. The Bertz CT molecular complexity index is 674. The maximum Gasteiger partial charge on any atom is 0.269 e. The summed E-state index contributed by atoms with van der Waals surface area (Å²) in [5.74, 6) is 0.185. The van der Waals surface area contributed by atoms with Gasteiger partial charge in [0.2, 0.25) is 0 Å². The number of benzene rings is 1. The van der Waals surface area contributed by atoms with Crippen molar-refractivity contribution in [3.63, 3.8) is 0 Å². The smallest absolute Gasteiger partial charge is 0.269 e. The van der Waals surface area contributed by atoms with Gasteiger partial charge in [0.15, 0.2) is 0 Å². The maximum absolute atomic E-state index is 12.0. The minimum Gasteiger partial charge on any atom is -0.354 e. The molecule has 0 unspecified atom stereocenters. The molecule has 0 bridgehead atoms. The molecule has 0 aliphatic carbocycles. The first-order valence-electron chi connectivity index (χ1n) is 6.92. The second-order valence-electron chi connectivity index (χ2n) is 5.26. The van der Waals surface area contributed by atoms with Crippen LogP contribution in [0.1, 0.15) is 24.3 Å². The zero-order chi connectivity index (χ0) is 16.1. The van der Waals surface area contributed by atoms with Crippen molar-refractivity contribution in [2.24, 2.45) is 5.92 Å². The first kappa shape index (κ1) is 16.6. The first-order valence-corrected chi connectivity index (χ1v) is 7.68. The molecule has 0 aliphatic rings. The molecule has 0 saturated heterocycles. The van der Waals surface area contributed by atoms with Crippen LogP contribution in [0.2, 0.25) is 10.0 Å². The molecule has 2 rings (SSSR count). The number of nitrogens with one attached hydrogen (secondary N) is 2. The van der Waals surface area contributed by atoms with Crippen LogP contribution >= 0.6 is 23.2 Å². The predicted molar refractivity (Wildman–Crippen MR) is 91.2 cm³/mol. The van der Waals surface area contributed by atoms with Gasteiger partial charge in [-0.25, -0.2) is 0 Å². The summed E-state index contributed by atoms with van der Waals surface area (Å²) in [7, 11) is 0. The number of aromatic nitrogens is 1. The largest absolute Gasteiger partial charge is 0.354 e.